The topological polar surface area (TPSA) is 64.2 Å². The Hall–Kier alpha value is -1.99. The molecule has 1 N–H and O–H groups in total. The first-order valence-corrected chi connectivity index (χ1v) is 8.54. The Kier molecular flexibility index (Phi) is 4.32. The Bertz CT molecular complexity index is 878. The number of fused-ring (bicyclic) bond motifs is 1. The summed E-state index contributed by atoms with van der Waals surface area (Å²) in [5, 5.41) is 9.75. The number of nitrogens with one attached hydrogen (secondary N) is 1. The molecule has 0 bridgehead atoms. The maximum absolute atomic E-state index is 12.2. The molecule has 0 spiro atoms. The monoisotopic (exact) mass is 331 g/mol. The summed E-state index contributed by atoms with van der Waals surface area (Å²) in [7, 11) is 0. The molecule has 2 atom stereocenters. The van der Waals surface area contributed by atoms with Crippen LogP contribution in [-0.4, -0.2) is 25.2 Å². The van der Waals surface area contributed by atoms with E-state index in [0.717, 1.165) is 21.9 Å². The zero-order chi connectivity index (χ0) is 16.6. The van der Waals surface area contributed by atoms with Crippen molar-refractivity contribution in [2.24, 2.45) is 0 Å². The van der Waals surface area contributed by atoms with Crippen molar-refractivity contribution in [2.45, 2.75) is 46.3 Å². The molecular weight excluding hydrogens is 310 g/mol. The van der Waals surface area contributed by atoms with E-state index < -0.39 is 0 Å². The van der Waals surface area contributed by atoms with E-state index in [9.17, 15) is 4.79 Å². The second kappa shape index (κ2) is 6.25. The van der Waals surface area contributed by atoms with Crippen LogP contribution >= 0.6 is 11.3 Å². The number of nitrogens with zero attached hydrogens (tertiary/aromatic N) is 4. The van der Waals surface area contributed by atoms with Crippen molar-refractivity contribution < 1.29 is 0 Å². The van der Waals surface area contributed by atoms with Crippen LogP contribution in [0, 0.1) is 13.8 Å². The minimum Gasteiger partial charge on any atom is -0.307 e. The minimum atomic E-state index is -0.0195. The van der Waals surface area contributed by atoms with Crippen LogP contribution in [-0.2, 0) is 6.54 Å². The summed E-state index contributed by atoms with van der Waals surface area (Å²) < 4.78 is 3.61. The Morgan fingerprint density at radius 1 is 1.35 bits per heavy atom. The van der Waals surface area contributed by atoms with Crippen LogP contribution in [0.3, 0.4) is 0 Å². The smallest absolute Gasteiger partial charge is 0.259 e. The average Bonchev–Trinajstić information content (AvgIpc) is 3.10. The molecule has 0 aliphatic rings. The van der Waals surface area contributed by atoms with Gasteiger partial charge in [0.15, 0.2) is 4.96 Å². The molecule has 0 aliphatic heterocycles. The molecule has 0 unspecified atom stereocenters. The third kappa shape index (κ3) is 3.20. The largest absolute Gasteiger partial charge is 0.307 e. The maximum atomic E-state index is 12.2. The lowest BCUT2D eigenvalue weighted by molar-refractivity contribution is 0.363. The van der Waals surface area contributed by atoms with Gasteiger partial charge in [0.2, 0.25) is 0 Å². The molecule has 0 saturated carbocycles. The summed E-state index contributed by atoms with van der Waals surface area (Å²) >= 11 is 1.49. The molecule has 3 aromatic rings. The molecule has 122 valence electrons. The summed E-state index contributed by atoms with van der Waals surface area (Å²) in [5.41, 5.74) is 2.83. The van der Waals surface area contributed by atoms with Crippen molar-refractivity contribution in [1.29, 1.82) is 0 Å². The number of aromatic nitrogens is 4. The Labute approximate surface area is 138 Å². The Morgan fingerprint density at radius 2 is 2.13 bits per heavy atom. The van der Waals surface area contributed by atoms with E-state index in [1.54, 1.807) is 10.5 Å². The van der Waals surface area contributed by atoms with Gasteiger partial charge in [0.05, 0.1) is 17.9 Å². The first-order valence-electron chi connectivity index (χ1n) is 7.66. The fourth-order valence-electron chi connectivity index (χ4n) is 2.51. The van der Waals surface area contributed by atoms with E-state index in [-0.39, 0.29) is 17.6 Å². The third-order valence-electron chi connectivity index (χ3n) is 4.11. The third-order valence-corrected chi connectivity index (χ3v) is 5.05. The second-order valence-corrected chi connectivity index (χ2v) is 6.83. The molecule has 0 aromatic carbocycles. The number of aryl methyl sites for hydroxylation is 2. The summed E-state index contributed by atoms with van der Waals surface area (Å²) in [6, 6.07) is 2.03. The normalized spacial score (nSPS) is 14.3. The zero-order valence-corrected chi connectivity index (χ0v) is 14.6. The fourth-order valence-corrected chi connectivity index (χ4v) is 3.40. The van der Waals surface area contributed by atoms with Crippen molar-refractivity contribution >= 4 is 16.3 Å². The second-order valence-electron chi connectivity index (χ2n) is 5.99. The van der Waals surface area contributed by atoms with Gasteiger partial charge in [0.25, 0.3) is 5.56 Å². The maximum Gasteiger partial charge on any atom is 0.259 e. The highest BCUT2D eigenvalue weighted by Gasteiger charge is 2.15. The first-order chi connectivity index (χ1) is 11.0. The van der Waals surface area contributed by atoms with Crippen molar-refractivity contribution in [3.63, 3.8) is 0 Å². The molecule has 7 heteroatoms. The highest BCUT2D eigenvalue weighted by atomic mass is 32.1. The van der Waals surface area contributed by atoms with Gasteiger partial charge in [-0.05, 0) is 33.3 Å². The van der Waals surface area contributed by atoms with Gasteiger partial charge in [-0.3, -0.25) is 13.9 Å². The van der Waals surface area contributed by atoms with E-state index in [1.807, 2.05) is 36.3 Å². The van der Waals surface area contributed by atoms with E-state index in [0.29, 0.717) is 6.54 Å². The van der Waals surface area contributed by atoms with E-state index >= 15 is 0 Å². The predicted molar refractivity (Wildman–Crippen MR) is 92.1 cm³/mol. The molecule has 0 saturated heterocycles. The Balaban J connectivity index is 1.71. The molecule has 3 heterocycles. The van der Waals surface area contributed by atoms with E-state index in [1.165, 1.54) is 11.3 Å². The molecule has 0 fully saturated rings. The van der Waals surface area contributed by atoms with Crippen molar-refractivity contribution in [1.82, 2.24) is 24.5 Å². The minimum absolute atomic E-state index is 0.0195. The van der Waals surface area contributed by atoms with Gasteiger partial charge in [-0.1, -0.05) is 0 Å². The number of hydrogen-bond acceptors (Lipinski definition) is 5. The molecular formula is C16H21N5OS. The standard InChI is InChI=1S/C16H21N5OS/c1-10-6-18-20(8-10)13(4)12(3)17-7-14-5-15(22)21-11(2)9-23-16(21)19-14/h5-6,8-9,12-13,17H,7H2,1-4H3/t12-,13+/m1/s1. The lowest BCUT2D eigenvalue weighted by atomic mass is 10.1. The molecule has 23 heavy (non-hydrogen) atoms. The van der Waals surface area contributed by atoms with Gasteiger partial charge in [0.1, 0.15) is 0 Å². The van der Waals surface area contributed by atoms with Gasteiger partial charge >= 0.3 is 0 Å². The lowest BCUT2D eigenvalue weighted by Gasteiger charge is -2.21. The van der Waals surface area contributed by atoms with Gasteiger partial charge in [-0.25, -0.2) is 4.98 Å². The molecule has 0 amide bonds. The summed E-state index contributed by atoms with van der Waals surface area (Å²) in [5.74, 6) is 0. The highest BCUT2D eigenvalue weighted by Crippen LogP contribution is 2.13. The van der Waals surface area contributed by atoms with Crippen LogP contribution in [0.2, 0.25) is 0 Å². The SMILES string of the molecule is Cc1cnn([C@@H](C)[C@@H](C)NCc2cc(=O)n3c(C)csc3n2)c1. The molecule has 3 rings (SSSR count). The summed E-state index contributed by atoms with van der Waals surface area (Å²) in [6.07, 6.45) is 3.90. The lowest BCUT2D eigenvalue weighted by Crippen LogP contribution is -2.34. The van der Waals surface area contributed by atoms with Gasteiger partial charge < -0.3 is 5.32 Å². The van der Waals surface area contributed by atoms with Crippen LogP contribution < -0.4 is 10.9 Å². The van der Waals surface area contributed by atoms with Crippen molar-refractivity contribution in [3.8, 4) is 0 Å². The fraction of sp³-hybridized carbons (Fsp3) is 0.438. The van der Waals surface area contributed by atoms with Crippen molar-refractivity contribution in [2.75, 3.05) is 0 Å². The number of hydrogen-bond donors (Lipinski definition) is 1. The van der Waals surface area contributed by atoms with Crippen LogP contribution in [0.5, 0.6) is 0 Å². The van der Waals surface area contributed by atoms with Gasteiger partial charge in [-0.2, -0.15) is 5.10 Å². The predicted octanol–water partition coefficient (Wildman–Crippen LogP) is 2.31. The molecule has 6 nitrogen and oxygen atoms in total. The average molecular weight is 331 g/mol. The number of thiazole rings is 1. The Morgan fingerprint density at radius 3 is 2.83 bits per heavy atom. The van der Waals surface area contributed by atoms with Crippen LogP contribution in [0.4, 0.5) is 0 Å². The quantitative estimate of drug-likeness (QED) is 0.779. The molecule has 0 aliphatic carbocycles. The van der Waals surface area contributed by atoms with E-state index in [2.05, 4.69) is 29.2 Å². The molecule has 3 aromatic heterocycles. The summed E-state index contributed by atoms with van der Waals surface area (Å²) in [4.78, 5) is 17.5. The van der Waals surface area contributed by atoms with Gasteiger partial charge in [-0.15, -0.1) is 11.3 Å². The van der Waals surface area contributed by atoms with Crippen molar-refractivity contribution in [3.05, 3.63) is 51.1 Å². The van der Waals surface area contributed by atoms with Crippen LogP contribution in [0.15, 0.2) is 28.6 Å². The highest BCUT2D eigenvalue weighted by molar-refractivity contribution is 7.15. The van der Waals surface area contributed by atoms with Crippen LogP contribution in [0.25, 0.3) is 4.96 Å². The molecule has 0 radical (unpaired) electrons. The first kappa shape index (κ1) is 15.9. The summed E-state index contributed by atoms with van der Waals surface area (Å²) in [6.45, 7) is 8.75. The number of rotatable bonds is 5. The zero-order valence-electron chi connectivity index (χ0n) is 13.8. The van der Waals surface area contributed by atoms with Gasteiger partial charge in [0, 0.05) is 35.9 Å². The van der Waals surface area contributed by atoms with Crippen LogP contribution in [0.1, 0.15) is 36.8 Å². The van der Waals surface area contributed by atoms with E-state index in [4.69, 9.17) is 0 Å².